The summed E-state index contributed by atoms with van der Waals surface area (Å²) in [6, 6.07) is 13.4. The molecule has 13 nitrogen and oxygen atoms in total. The Kier molecular flexibility index (Phi) is 7.77. The highest BCUT2D eigenvalue weighted by molar-refractivity contribution is 7.85. The largest absolute Gasteiger partial charge is 0.361 e. The molecule has 6 unspecified atom stereocenters. The second-order valence-electron chi connectivity index (χ2n) is 14.5. The first-order valence-corrected chi connectivity index (χ1v) is 18.9. The first-order chi connectivity index (χ1) is 23.8. The van der Waals surface area contributed by atoms with Crippen molar-refractivity contribution >= 4 is 44.3 Å². The molecular formula is C36H41N5O8S. The summed E-state index contributed by atoms with van der Waals surface area (Å²) in [6.07, 6.45) is 6.71. The molecule has 1 aliphatic carbocycles. The van der Waals surface area contributed by atoms with E-state index in [9.17, 15) is 18.0 Å². The van der Waals surface area contributed by atoms with Crippen LogP contribution in [0.4, 0.5) is 0 Å². The van der Waals surface area contributed by atoms with Crippen LogP contribution in [0.15, 0.2) is 60.8 Å². The van der Waals surface area contributed by atoms with E-state index in [0.717, 1.165) is 40.3 Å². The van der Waals surface area contributed by atoms with Crippen molar-refractivity contribution in [2.45, 2.75) is 69.3 Å². The summed E-state index contributed by atoms with van der Waals surface area (Å²) in [4.78, 5) is 57.7. The average molecular weight is 704 g/mol. The van der Waals surface area contributed by atoms with Crippen molar-refractivity contribution in [2.24, 2.45) is 11.8 Å². The van der Waals surface area contributed by atoms with Crippen LogP contribution in [0.3, 0.4) is 0 Å². The van der Waals surface area contributed by atoms with E-state index in [1.807, 2.05) is 55.6 Å². The minimum Gasteiger partial charge on any atom is -0.361 e. The molecule has 3 fully saturated rings. The number of carbonyl (C=O) groups is 3. The quantitative estimate of drug-likeness (QED) is 0.267. The normalized spacial score (nSPS) is 30.8. The molecule has 50 heavy (non-hydrogen) atoms. The maximum absolute atomic E-state index is 15.0. The van der Waals surface area contributed by atoms with E-state index >= 15 is 4.79 Å². The van der Waals surface area contributed by atoms with Crippen molar-refractivity contribution in [3.05, 3.63) is 77.5 Å². The van der Waals surface area contributed by atoms with Gasteiger partial charge in [-0.25, -0.2) is 0 Å². The van der Waals surface area contributed by atoms with Crippen LogP contribution in [0.25, 0.3) is 16.5 Å². The Hall–Kier alpha value is -4.08. The van der Waals surface area contributed by atoms with E-state index in [1.165, 1.54) is 10.5 Å². The van der Waals surface area contributed by atoms with Crippen molar-refractivity contribution < 1.29 is 36.8 Å². The summed E-state index contributed by atoms with van der Waals surface area (Å²) >= 11 is 0. The predicted octanol–water partition coefficient (Wildman–Crippen LogP) is 2.54. The van der Waals surface area contributed by atoms with E-state index in [4.69, 9.17) is 14.0 Å². The molecule has 14 heteroatoms. The number of nitrogens with zero attached hydrogens (tertiary/aromatic N) is 3. The van der Waals surface area contributed by atoms with Crippen LogP contribution in [-0.2, 0) is 51.3 Å². The molecule has 5 aliphatic rings. The first-order valence-electron chi connectivity index (χ1n) is 17.1. The van der Waals surface area contributed by atoms with Crippen molar-refractivity contribution in [1.82, 2.24) is 25.0 Å². The van der Waals surface area contributed by atoms with Crippen LogP contribution in [-0.4, -0.2) is 102 Å². The maximum Gasteiger partial charge on any atom is 0.309 e. The minimum absolute atomic E-state index is 0.0771. The summed E-state index contributed by atoms with van der Waals surface area (Å²) in [5.41, 5.74) is 3.14. The third-order valence-electron chi connectivity index (χ3n) is 11.0. The van der Waals surface area contributed by atoms with E-state index in [0.29, 0.717) is 25.9 Å². The number of hydrogen-bond donors (Lipinski definition) is 2. The Morgan fingerprint density at radius 3 is 2.66 bits per heavy atom. The number of ether oxygens (including phenoxy) is 1. The lowest BCUT2D eigenvalue weighted by Gasteiger charge is -2.49. The number of aromatic nitrogens is 1. The Bertz CT molecular complexity index is 2030. The van der Waals surface area contributed by atoms with Gasteiger partial charge in [0.1, 0.15) is 12.1 Å². The zero-order valence-corrected chi connectivity index (χ0v) is 29.2. The van der Waals surface area contributed by atoms with Gasteiger partial charge >= 0.3 is 5.91 Å². The number of piperazine rings is 1. The molecule has 0 saturated carbocycles. The van der Waals surface area contributed by atoms with Crippen LogP contribution in [0.2, 0.25) is 0 Å². The van der Waals surface area contributed by atoms with Crippen LogP contribution in [0.5, 0.6) is 0 Å². The number of rotatable bonds is 8. The summed E-state index contributed by atoms with van der Waals surface area (Å²) in [6.45, 7) is 4.23. The molecule has 0 radical (unpaired) electrons. The van der Waals surface area contributed by atoms with Gasteiger partial charge in [-0.15, -0.1) is 4.33 Å². The van der Waals surface area contributed by atoms with E-state index < -0.39 is 57.5 Å². The Morgan fingerprint density at radius 2 is 1.92 bits per heavy atom. The zero-order chi connectivity index (χ0) is 35.2. The van der Waals surface area contributed by atoms with Crippen molar-refractivity contribution in [3.8, 4) is 0 Å². The number of likely N-dealkylation sites (N-methyl/N-ethyl adjacent to an activating group) is 1. The van der Waals surface area contributed by atoms with Crippen molar-refractivity contribution in [2.75, 3.05) is 26.4 Å². The maximum atomic E-state index is 15.0. The topological polar surface area (TPSA) is 151 Å². The van der Waals surface area contributed by atoms with Gasteiger partial charge in [0.2, 0.25) is 17.5 Å². The lowest BCUT2D eigenvalue weighted by Crippen LogP contribution is -2.72. The average Bonchev–Trinajstić information content (AvgIpc) is 3.80. The highest BCUT2D eigenvalue weighted by Crippen LogP contribution is 2.50. The number of hydrogen-bond acceptors (Lipinski definition) is 9. The second-order valence-corrected chi connectivity index (χ2v) is 16.0. The first kappa shape index (κ1) is 33.1. The second kappa shape index (κ2) is 11.7. The molecule has 3 amide bonds. The fourth-order valence-electron chi connectivity index (χ4n) is 8.66. The molecule has 0 spiro atoms. The van der Waals surface area contributed by atoms with Crippen molar-refractivity contribution in [3.63, 3.8) is 0 Å². The Labute approximate surface area is 290 Å². The van der Waals surface area contributed by atoms with Gasteiger partial charge < -0.3 is 15.2 Å². The molecule has 4 aliphatic heterocycles. The number of fused-ring (bicyclic) bond motifs is 5. The van der Waals surface area contributed by atoms with Gasteiger partial charge in [0.15, 0.2) is 0 Å². The highest BCUT2D eigenvalue weighted by atomic mass is 32.2. The number of nitrogens with one attached hydrogen (secondary N) is 2. The predicted molar refractivity (Wildman–Crippen MR) is 182 cm³/mol. The van der Waals surface area contributed by atoms with Crippen LogP contribution < -0.4 is 5.32 Å². The standard InChI is InChI=1S/C36H41N5O8S/c1-21(2)35(38-32(42)24-17-26-25-12-8-13-27-31(25)23(19-37-27)18-28(26)39(3)20-24)34(44)41-29(16-22-10-6-5-7-11-22)33(43)40-15-9-14-30(40)36(41,47-35)48-49-50(4,45)46/h5-8,10-13,17,19,21,24,28-30,37H,9,14-16,18,20H2,1-4H3,(H,38,42). The van der Waals surface area contributed by atoms with Gasteiger partial charge in [-0.3, -0.25) is 28.9 Å². The molecule has 2 aromatic carbocycles. The molecule has 264 valence electrons. The van der Waals surface area contributed by atoms with Crippen LogP contribution >= 0.6 is 0 Å². The number of aromatic amines is 1. The number of amides is 3. The number of benzene rings is 2. The minimum atomic E-state index is -4.20. The zero-order valence-electron chi connectivity index (χ0n) is 28.4. The van der Waals surface area contributed by atoms with Gasteiger partial charge in [0.25, 0.3) is 16.0 Å². The smallest absolute Gasteiger partial charge is 0.309 e. The summed E-state index contributed by atoms with van der Waals surface area (Å²) < 4.78 is 36.4. The fraction of sp³-hybridized carbons (Fsp3) is 0.472. The monoisotopic (exact) mass is 703 g/mol. The molecule has 3 saturated heterocycles. The molecule has 8 rings (SSSR count). The highest BCUT2D eigenvalue weighted by Gasteiger charge is 2.74. The van der Waals surface area contributed by atoms with Crippen LogP contribution in [0, 0.1) is 11.8 Å². The molecule has 3 aromatic rings. The van der Waals surface area contributed by atoms with Crippen LogP contribution in [0.1, 0.15) is 43.4 Å². The fourth-order valence-corrected chi connectivity index (χ4v) is 8.88. The molecule has 5 heterocycles. The van der Waals surface area contributed by atoms with Gasteiger partial charge in [-0.2, -0.15) is 13.3 Å². The molecule has 6 atom stereocenters. The molecular weight excluding hydrogens is 662 g/mol. The van der Waals surface area contributed by atoms with Crippen molar-refractivity contribution in [1.29, 1.82) is 0 Å². The van der Waals surface area contributed by atoms with E-state index in [1.54, 1.807) is 18.7 Å². The summed E-state index contributed by atoms with van der Waals surface area (Å²) in [5.74, 6) is -4.92. The number of carbonyl (C=O) groups excluding carboxylic acids is 3. The SMILES string of the molecule is CC(C)C1(NC(=O)C2C=C3c4cccc5[nH]cc(c45)CC3N(C)C2)OC2(OOS(C)(=O)=O)C3CCCN3C(=O)C(Cc3ccccc3)N2C1=O. The van der Waals surface area contributed by atoms with Gasteiger partial charge in [0.05, 0.1) is 12.2 Å². The van der Waals surface area contributed by atoms with Gasteiger partial charge in [-0.05, 0) is 54.6 Å². The third kappa shape index (κ3) is 5.02. The molecule has 1 aromatic heterocycles. The summed E-state index contributed by atoms with van der Waals surface area (Å²) in [7, 11) is -2.21. The molecule has 0 bridgehead atoms. The lowest BCUT2D eigenvalue weighted by atomic mass is 9.79. The van der Waals surface area contributed by atoms with Gasteiger partial charge in [0, 0.05) is 48.6 Å². The Morgan fingerprint density at radius 1 is 1.14 bits per heavy atom. The molecule has 2 N–H and O–H groups in total. The Balaban J connectivity index is 1.20. The lowest BCUT2D eigenvalue weighted by molar-refractivity contribution is -0.441. The van der Waals surface area contributed by atoms with E-state index in [-0.39, 0.29) is 18.4 Å². The summed E-state index contributed by atoms with van der Waals surface area (Å²) in [5, 5.41) is 4.13. The number of H-pyrrole nitrogens is 1. The van der Waals surface area contributed by atoms with Gasteiger partial charge in [-0.1, -0.05) is 62.4 Å². The van der Waals surface area contributed by atoms with E-state index in [2.05, 4.69) is 27.5 Å². The third-order valence-corrected chi connectivity index (χ3v) is 11.3.